The van der Waals surface area contributed by atoms with E-state index in [2.05, 4.69) is 23.6 Å². The third-order valence-electron chi connectivity index (χ3n) is 1.86. The Morgan fingerprint density at radius 3 is 3.00 bits per heavy atom. The van der Waals surface area contributed by atoms with Gasteiger partial charge in [0.2, 0.25) is 0 Å². The van der Waals surface area contributed by atoms with Crippen molar-refractivity contribution in [1.29, 1.82) is 0 Å². The first-order chi connectivity index (χ1) is 4.86. The second kappa shape index (κ2) is 4.21. The topological polar surface area (TPSA) is 15.3 Å². The van der Waals surface area contributed by atoms with E-state index in [0.29, 0.717) is 0 Å². The van der Waals surface area contributed by atoms with Gasteiger partial charge in [0.15, 0.2) is 0 Å². The van der Waals surface area contributed by atoms with Crippen LogP contribution in [0.1, 0.15) is 13.3 Å². The van der Waals surface area contributed by atoms with Crippen LogP contribution in [0.4, 0.5) is 0 Å². The van der Waals surface area contributed by atoms with Crippen LogP contribution < -0.4 is 5.43 Å². The van der Waals surface area contributed by atoms with Crippen molar-refractivity contribution in [1.82, 2.24) is 10.4 Å². The van der Waals surface area contributed by atoms with Crippen LogP contribution >= 0.6 is 11.8 Å². The molecule has 1 N–H and O–H groups in total. The second-order valence-electron chi connectivity index (χ2n) is 2.60. The number of nitrogens with one attached hydrogen (secondary N) is 1. The van der Waals surface area contributed by atoms with E-state index in [1.807, 2.05) is 11.8 Å². The monoisotopic (exact) mass is 160 g/mol. The highest BCUT2D eigenvalue weighted by molar-refractivity contribution is 7.99. The highest BCUT2D eigenvalue weighted by atomic mass is 32.2. The van der Waals surface area contributed by atoms with E-state index >= 15 is 0 Å². The first kappa shape index (κ1) is 8.37. The Morgan fingerprint density at radius 2 is 2.50 bits per heavy atom. The van der Waals surface area contributed by atoms with Gasteiger partial charge < -0.3 is 0 Å². The number of rotatable bonds is 3. The zero-order valence-electron chi connectivity index (χ0n) is 6.76. The summed E-state index contributed by atoms with van der Waals surface area (Å²) in [4.78, 5) is 0. The Labute approximate surface area is 67.3 Å². The summed E-state index contributed by atoms with van der Waals surface area (Å²) < 4.78 is 0. The fourth-order valence-electron chi connectivity index (χ4n) is 1.29. The van der Waals surface area contributed by atoms with E-state index < -0.39 is 0 Å². The van der Waals surface area contributed by atoms with Gasteiger partial charge in [-0.3, -0.25) is 5.43 Å². The molecule has 0 aromatic carbocycles. The molecule has 1 saturated heterocycles. The Kier molecular flexibility index (Phi) is 3.52. The van der Waals surface area contributed by atoms with Gasteiger partial charge in [0.05, 0.1) is 0 Å². The number of hydrogen-bond donors (Lipinski definition) is 1. The molecule has 0 aromatic heterocycles. The summed E-state index contributed by atoms with van der Waals surface area (Å²) in [6.45, 7) is 5.64. The number of thioether (sulfide) groups is 1. The average molecular weight is 160 g/mol. The fraction of sp³-hybridized carbons (Fsp3) is 1.00. The molecule has 0 amide bonds. The molecule has 10 heavy (non-hydrogen) atoms. The molecule has 3 heteroatoms. The van der Waals surface area contributed by atoms with Crippen LogP contribution in [0.5, 0.6) is 0 Å². The molecule has 0 aromatic rings. The molecule has 1 unspecified atom stereocenters. The van der Waals surface area contributed by atoms with Gasteiger partial charge in [-0.25, -0.2) is 5.01 Å². The van der Waals surface area contributed by atoms with Crippen LogP contribution in [0.25, 0.3) is 0 Å². The van der Waals surface area contributed by atoms with Crippen molar-refractivity contribution >= 4 is 11.8 Å². The van der Waals surface area contributed by atoms with Gasteiger partial charge >= 0.3 is 0 Å². The third-order valence-corrected chi connectivity index (χ3v) is 2.91. The Morgan fingerprint density at radius 1 is 1.70 bits per heavy atom. The molecule has 1 heterocycles. The highest BCUT2D eigenvalue weighted by Gasteiger charge is 2.19. The first-order valence-corrected chi connectivity index (χ1v) is 5.17. The number of nitrogens with zero attached hydrogens (tertiary/aromatic N) is 1. The summed E-state index contributed by atoms with van der Waals surface area (Å²) in [6, 6.07) is 0. The summed E-state index contributed by atoms with van der Waals surface area (Å²) in [6.07, 6.45) is 3.54. The van der Waals surface area contributed by atoms with Crippen LogP contribution in [-0.2, 0) is 0 Å². The van der Waals surface area contributed by atoms with Crippen molar-refractivity contribution < 1.29 is 0 Å². The lowest BCUT2D eigenvalue weighted by atomic mass is 10.4. The molecule has 0 bridgehead atoms. The Hall–Kier alpha value is 0.270. The number of hydrogen-bond acceptors (Lipinski definition) is 3. The molecule has 1 atom stereocenters. The minimum atomic E-state index is 0.860. The number of hydrazine groups is 1. The summed E-state index contributed by atoms with van der Waals surface area (Å²) in [5, 5.41) is 3.18. The Bertz CT molecular complexity index is 97.6. The maximum Gasteiger partial charge on any atom is 0.0250 e. The van der Waals surface area contributed by atoms with Crippen molar-refractivity contribution in [2.24, 2.45) is 0 Å². The molecule has 1 aliphatic rings. The molecular formula is C7H16N2S. The predicted octanol–water partition coefficient (Wildman–Crippen LogP) is 0.948. The summed E-state index contributed by atoms with van der Waals surface area (Å²) in [5.41, 5.74) is 3.33. The molecule has 60 valence electrons. The van der Waals surface area contributed by atoms with Crippen molar-refractivity contribution in [3.05, 3.63) is 0 Å². The van der Waals surface area contributed by atoms with Gasteiger partial charge in [-0.05, 0) is 12.7 Å². The molecular weight excluding hydrogens is 144 g/mol. The average Bonchev–Trinajstić information content (AvgIpc) is 2.37. The van der Waals surface area contributed by atoms with Crippen molar-refractivity contribution in [2.45, 2.75) is 18.6 Å². The molecule has 0 saturated carbocycles. The van der Waals surface area contributed by atoms with Crippen molar-refractivity contribution in [3.63, 3.8) is 0 Å². The van der Waals surface area contributed by atoms with Crippen LogP contribution in [0, 0.1) is 0 Å². The van der Waals surface area contributed by atoms with Crippen molar-refractivity contribution in [2.75, 3.05) is 25.9 Å². The van der Waals surface area contributed by atoms with Gasteiger partial charge in [0.1, 0.15) is 0 Å². The molecule has 1 aliphatic heterocycles. The first-order valence-electron chi connectivity index (χ1n) is 3.88. The molecule has 0 aliphatic carbocycles. The standard InChI is InChI=1S/C7H16N2S/c1-3-8-9-5-4-7(6-9)10-2/h7-8H,3-6H2,1-2H3. The maximum absolute atomic E-state index is 3.33. The minimum Gasteiger partial charge on any atom is -0.255 e. The molecule has 2 nitrogen and oxygen atoms in total. The molecule has 1 fully saturated rings. The summed E-state index contributed by atoms with van der Waals surface area (Å²) in [5.74, 6) is 0. The summed E-state index contributed by atoms with van der Waals surface area (Å²) >= 11 is 1.98. The minimum absolute atomic E-state index is 0.860. The van der Waals surface area contributed by atoms with E-state index in [-0.39, 0.29) is 0 Å². The lowest BCUT2D eigenvalue weighted by Crippen LogP contribution is -2.35. The smallest absolute Gasteiger partial charge is 0.0250 e. The van der Waals surface area contributed by atoms with Crippen LogP contribution in [-0.4, -0.2) is 36.1 Å². The lowest BCUT2D eigenvalue weighted by molar-refractivity contribution is 0.243. The maximum atomic E-state index is 3.33. The van der Waals surface area contributed by atoms with Crippen LogP contribution in [0.3, 0.4) is 0 Å². The lowest BCUT2D eigenvalue weighted by Gasteiger charge is -2.14. The third kappa shape index (κ3) is 2.15. The predicted molar refractivity (Wildman–Crippen MR) is 47.2 cm³/mol. The Balaban J connectivity index is 2.15. The zero-order chi connectivity index (χ0) is 7.40. The van der Waals surface area contributed by atoms with Crippen LogP contribution in [0.2, 0.25) is 0 Å². The summed E-state index contributed by atoms with van der Waals surface area (Å²) in [7, 11) is 0. The molecule has 0 radical (unpaired) electrons. The van der Waals surface area contributed by atoms with Gasteiger partial charge in [-0.1, -0.05) is 6.92 Å². The SMILES string of the molecule is CCNN1CCC(SC)C1. The van der Waals surface area contributed by atoms with E-state index in [0.717, 1.165) is 11.8 Å². The molecule has 0 spiro atoms. The highest BCUT2D eigenvalue weighted by Crippen LogP contribution is 2.17. The van der Waals surface area contributed by atoms with Gasteiger partial charge in [-0.2, -0.15) is 11.8 Å². The van der Waals surface area contributed by atoms with E-state index in [9.17, 15) is 0 Å². The van der Waals surface area contributed by atoms with E-state index in [4.69, 9.17) is 0 Å². The van der Waals surface area contributed by atoms with Gasteiger partial charge in [0, 0.05) is 24.9 Å². The largest absolute Gasteiger partial charge is 0.255 e. The zero-order valence-corrected chi connectivity index (χ0v) is 7.58. The van der Waals surface area contributed by atoms with Gasteiger partial charge in [0.25, 0.3) is 0 Å². The van der Waals surface area contributed by atoms with Crippen molar-refractivity contribution in [3.8, 4) is 0 Å². The fourth-order valence-corrected chi connectivity index (χ4v) is 1.96. The normalized spacial score (nSPS) is 27.6. The van der Waals surface area contributed by atoms with E-state index in [1.165, 1.54) is 19.5 Å². The van der Waals surface area contributed by atoms with E-state index in [1.54, 1.807) is 0 Å². The van der Waals surface area contributed by atoms with Gasteiger partial charge in [-0.15, -0.1) is 0 Å². The second-order valence-corrected chi connectivity index (χ2v) is 3.74. The van der Waals surface area contributed by atoms with Crippen LogP contribution in [0.15, 0.2) is 0 Å². The molecule has 1 rings (SSSR count). The quantitative estimate of drug-likeness (QED) is 0.661.